The summed E-state index contributed by atoms with van der Waals surface area (Å²) in [5, 5.41) is 7.59. The van der Waals surface area contributed by atoms with E-state index in [9.17, 15) is 14.4 Å². The molecule has 2 heterocycles. The number of rotatable bonds is 7. The van der Waals surface area contributed by atoms with E-state index in [0.717, 1.165) is 9.90 Å². The Hall–Kier alpha value is -3.50. The molecule has 0 bridgehead atoms. The second kappa shape index (κ2) is 9.75. The molecule has 0 aliphatic heterocycles. The molecular formula is C22H18N4O4S2. The van der Waals surface area contributed by atoms with Gasteiger partial charge in [-0.3, -0.25) is 9.59 Å². The molecule has 0 atom stereocenters. The summed E-state index contributed by atoms with van der Waals surface area (Å²) in [6.07, 6.45) is 0. The Morgan fingerprint density at radius 1 is 1.12 bits per heavy atom. The quantitative estimate of drug-likeness (QED) is 0.328. The number of ether oxygens (including phenoxy) is 1. The topological polar surface area (TPSA) is 103 Å². The number of nitrogens with zero attached hydrogens (tertiary/aromatic N) is 3. The molecule has 0 saturated carbocycles. The number of hydrogen-bond acceptors (Lipinski definition) is 8. The van der Waals surface area contributed by atoms with Crippen LogP contribution in [0, 0.1) is 6.92 Å². The number of thioether (sulfide) groups is 1. The molecule has 0 radical (unpaired) electrons. The fraction of sp³-hybridized carbons (Fsp3) is 0.136. The molecule has 0 spiro atoms. The molecule has 4 aromatic rings. The minimum Gasteiger partial charge on any atom is -0.456 e. The van der Waals surface area contributed by atoms with Gasteiger partial charge in [0.15, 0.2) is 0 Å². The number of aromatic nitrogens is 3. The number of carbonyl (C=O) groups excluding carboxylic acids is 2. The van der Waals surface area contributed by atoms with Crippen LogP contribution in [0.4, 0.5) is 5.69 Å². The monoisotopic (exact) mass is 466 g/mol. The van der Waals surface area contributed by atoms with Crippen LogP contribution in [0.1, 0.15) is 21.1 Å². The molecule has 2 aromatic carbocycles. The van der Waals surface area contributed by atoms with Gasteiger partial charge in [-0.05, 0) is 43.3 Å². The molecule has 0 aliphatic rings. The average molecular weight is 467 g/mol. The number of fused-ring (bicyclic) bond motifs is 1. The zero-order valence-electron chi connectivity index (χ0n) is 17.0. The van der Waals surface area contributed by atoms with Crippen molar-refractivity contribution in [3.63, 3.8) is 0 Å². The van der Waals surface area contributed by atoms with Crippen molar-refractivity contribution in [2.24, 2.45) is 0 Å². The summed E-state index contributed by atoms with van der Waals surface area (Å²) in [6.45, 7) is 1.66. The third-order valence-corrected chi connectivity index (χ3v) is 6.10. The second-order valence-corrected chi connectivity index (χ2v) is 8.91. The van der Waals surface area contributed by atoms with Crippen LogP contribution in [-0.2, 0) is 16.1 Å². The van der Waals surface area contributed by atoms with Gasteiger partial charge in [0.1, 0.15) is 11.6 Å². The maximum Gasteiger partial charge on any atom is 0.338 e. The van der Waals surface area contributed by atoms with Gasteiger partial charge in [-0.15, -0.1) is 11.8 Å². The lowest BCUT2D eigenvalue weighted by Crippen LogP contribution is -2.16. The third kappa shape index (κ3) is 5.40. The predicted octanol–water partition coefficient (Wildman–Crippen LogP) is 3.55. The first-order valence-corrected chi connectivity index (χ1v) is 11.4. The van der Waals surface area contributed by atoms with Crippen LogP contribution in [0.25, 0.3) is 4.96 Å². The van der Waals surface area contributed by atoms with E-state index in [1.54, 1.807) is 31.2 Å². The summed E-state index contributed by atoms with van der Waals surface area (Å²) in [6, 6.07) is 17.4. The number of amides is 1. The number of hydrogen-bond donors (Lipinski definition) is 1. The minimum absolute atomic E-state index is 0.128. The Morgan fingerprint density at radius 3 is 2.62 bits per heavy atom. The van der Waals surface area contributed by atoms with Crippen molar-refractivity contribution < 1.29 is 14.3 Å². The number of esters is 1. The van der Waals surface area contributed by atoms with Crippen LogP contribution in [-0.4, -0.2) is 32.2 Å². The minimum atomic E-state index is -0.551. The fourth-order valence-electron chi connectivity index (χ4n) is 2.80. The number of carbonyl (C=O) groups is 2. The highest BCUT2D eigenvalue weighted by Gasteiger charge is 2.11. The Bertz CT molecular complexity index is 1320. The lowest BCUT2D eigenvalue weighted by atomic mass is 10.2. The first-order chi connectivity index (χ1) is 15.5. The maximum absolute atomic E-state index is 12.3. The van der Waals surface area contributed by atoms with Crippen LogP contribution in [0.2, 0.25) is 0 Å². The van der Waals surface area contributed by atoms with Crippen molar-refractivity contribution >= 4 is 45.6 Å². The van der Waals surface area contributed by atoms with Gasteiger partial charge in [0.25, 0.3) is 5.56 Å². The van der Waals surface area contributed by atoms with E-state index in [4.69, 9.17) is 4.74 Å². The summed E-state index contributed by atoms with van der Waals surface area (Å²) in [7, 11) is 0. The van der Waals surface area contributed by atoms with Gasteiger partial charge in [-0.1, -0.05) is 29.5 Å². The molecule has 0 unspecified atom stereocenters. The molecule has 1 amide bonds. The van der Waals surface area contributed by atoms with E-state index in [2.05, 4.69) is 15.4 Å². The van der Waals surface area contributed by atoms with Crippen molar-refractivity contribution in [3.8, 4) is 0 Å². The Balaban J connectivity index is 1.31. The van der Waals surface area contributed by atoms with Crippen LogP contribution < -0.4 is 10.9 Å². The largest absolute Gasteiger partial charge is 0.456 e. The Kier molecular flexibility index (Phi) is 6.62. The van der Waals surface area contributed by atoms with E-state index >= 15 is 0 Å². The lowest BCUT2D eigenvalue weighted by molar-refractivity contribution is -0.113. The molecule has 2 aromatic heterocycles. The van der Waals surface area contributed by atoms with Crippen LogP contribution in [0.3, 0.4) is 0 Å². The predicted molar refractivity (Wildman–Crippen MR) is 123 cm³/mol. The standard InChI is InChI=1S/C22H18N4O4S2/c1-14-25-26-20(28)11-17(24-22(26)32-14)12-30-21(29)15-7-9-16(10-8-15)23-19(27)13-31-18-5-3-2-4-6-18/h2-11H,12-13H2,1H3,(H,23,27). The average Bonchev–Trinajstić information content (AvgIpc) is 3.18. The molecule has 0 saturated heterocycles. The third-order valence-electron chi connectivity index (χ3n) is 4.27. The van der Waals surface area contributed by atoms with Gasteiger partial charge in [-0.2, -0.15) is 9.61 Å². The van der Waals surface area contributed by atoms with Crippen molar-refractivity contribution in [1.82, 2.24) is 14.6 Å². The van der Waals surface area contributed by atoms with Crippen LogP contribution in [0.5, 0.6) is 0 Å². The molecule has 32 heavy (non-hydrogen) atoms. The molecule has 0 fully saturated rings. The van der Waals surface area contributed by atoms with Crippen molar-refractivity contribution in [1.29, 1.82) is 0 Å². The van der Waals surface area contributed by atoms with E-state index in [1.807, 2.05) is 30.3 Å². The van der Waals surface area contributed by atoms with Crippen LogP contribution in [0.15, 0.2) is 70.4 Å². The van der Waals surface area contributed by atoms with E-state index in [0.29, 0.717) is 21.9 Å². The van der Waals surface area contributed by atoms with Gasteiger partial charge in [0.2, 0.25) is 10.9 Å². The Labute approximate surface area is 191 Å². The summed E-state index contributed by atoms with van der Waals surface area (Å²) < 4.78 is 6.50. The zero-order valence-corrected chi connectivity index (χ0v) is 18.6. The van der Waals surface area contributed by atoms with E-state index < -0.39 is 5.97 Å². The number of nitrogens with one attached hydrogen (secondary N) is 1. The van der Waals surface area contributed by atoms with Crippen LogP contribution >= 0.6 is 23.1 Å². The number of benzene rings is 2. The highest BCUT2D eigenvalue weighted by atomic mass is 32.2. The summed E-state index contributed by atoms with van der Waals surface area (Å²) in [4.78, 5) is 42.3. The smallest absolute Gasteiger partial charge is 0.338 e. The first-order valence-electron chi connectivity index (χ1n) is 9.59. The number of aryl methyl sites for hydroxylation is 1. The number of anilines is 1. The first kappa shape index (κ1) is 21.7. The van der Waals surface area contributed by atoms with Gasteiger partial charge in [0, 0.05) is 16.6 Å². The van der Waals surface area contributed by atoms with Crippen molar-refractivity contribution in [3.05, 3.63) is 87.3 Å². The van der Waals surface area contributed by atoms with E-state index in [-0.39, 0.29) is 23.8 Å². The molecule has 8 nitrogen and oxygen atoms in total. The summed E-state index contributed by atoms with van der Waals surface area (Å²) in [5.41, 5.74) is 0.941. The van der Waals surface area contributed by atoms with E-state index in [1.165, 1.54) is 33.7 Å². The maximum atomic E-state index is 12.3. The Morgan fingerprint density at radius 2 is 1.88 bits per heavy atom. The van der Waals surface area contributed by atoms with Gasteiger partial charge >= 0.3 is 5.97 Å². The molecule has 4 rings (SSSR count). The molecule has 0 aliphatic carbocycles. The highest BCUT2D eigenvalue weighted by Crippen LogP contribution is 2.18. The zero-order chi connectivity index (χ0) is 22.5. The summed E-state index contributed by atoms with van der Waals surface area (Å²) >= 11 is 2.73. The molecule has 10 heteroatoms. The second-order valence-electron chi connectivity index (χ2n) is 6.70. The van der Waals surface area contributed by atoms with Gasteiger partial charge in [-0.25, -0.2) is 9.78 Å². The summed E-state index contributed by atoms with van der Waals surface area (Å²) in [5.74, 6) is -0.407. The highest BCUT2D eigenvalue weighted by molar-refractivity contribution is 8.00. The van der Waals surface area contributed by atoms with Crippen molar-refractivity contribution in [2.45, 2.75) is 18.4 Å². The molecular weight excluding hydrogens is 448 g/mol. The fourth-order valence-corrected chi connectivity index (χ4v) is 4.29. The van der Waals surface area contributed by atoms with Crippen molar-refractivity contribution in [2.75, 3.05) is 11.1 Å². The normalized spacial score (nSPS) is 10.8. The molecule has 1 N–H and O–H groups in total. The lowest BCUT2D eigenvalue weighted by Gasteiger charge is -2.07. The van der Waals surface area contributed by atoms with Gasteiger partial charge in [0.05, 0.1) is 17.0 Å². The SMILES string of the molecule is Cc1nn2c(=O)cc(COC(=O)c3ccc(NC(=O)CSc4ccccc4)cc3)nc2s1. The van der Waals surface area contributed by atoms with Gasteiger partial charge < -0.3 is 10.1 Å². The molecule has 162 valence electrons.